The Balaban J connectivity index is 1.39. The Morgan fingerprint density at radius 1 is 1.07 bits per heavy atom. The summed E-state index contributed by atoms with van der Waals surface area (Å²) in [7, 11) is 0. The van der Waals surface area contributed by atoms with Gasteiger partial charge >= 0.3 is 0 Å². The van der Waals surface area contributed by atoms with Gasteiger partial charge in [-0.15, -0.1) is 11.3 Å². The van der Waals surface area contributed by atoms with Gasteiger partial charge in [-0.1, -0.05) is 30.3 Å². The summed E-state index contributed by atoms with van der Waals surface area (Å²) < 4.78 is 7.26. The number of amides is 1. The first-order chi connectivity index (χ1) is 14.5. The van der Waals surface area contributed by atoms with Crippen molar-refractivity contribution in [1.29, 1.82) is 0 Å². The molecule has 0 fully saturated rings. The average Bonchev–Trinajstić information content (AvgIpc) is 3.34. The van der Waals surface area contributed by atoms with E-state index in [2.05, 4.69) is 10.3 Å². The molecular weight excluding hydrogens is 398 g/mol. The highest BCUT2D eigenvalue weighted by atomic mass is 32.1. The third-order valence-electron chi connectivity index (χ3n) is 4.68. The third-order valence-corrected chi connectivity index (χ3v) is 5.85. The molecule has 1 aromatic carbocycles. The maximum absolute atomic E-state index is 12.6. The van der Waals surface area contributed by atoms with Crippen LogP contribution in [-0.4, -0.2) is 15.5 Å². The molecule has 0 saturated carbocycles. The molecule has 6 nitrogen and oxygen atoms in total. The number of benzene rings is 1. The largest absolute Gasteiger partial charge is 0.459 e. The maximum atomic E-state index is 12.6. The Hall–Kier alpha value is -3.45. The van der Waals surface area contributed by atoms with Crippen molar-refractivity contribution in [1.82, 2.24) is 14.9 Å². The number of hydrogen-bond donors (Lipinski definition) is 1. The Bertz CT molecular complexity index is 1240. The first-order valence-corrected chi connectivity index (χ1v) is 10.4. The summed E-state index contributed by atoms with van der Waals surface area (Å²) in [4.78, 5) is 29.5. The van der Waals surface area contributed by atoms with Crippen molar-refractivity contribution in [2.75, 3.05) is 0 Å². The van der Waals surface area contributed by atoms with Crippen molar-refractivity contribution in [3.8, 4) is 10.8 Å². The number of thiazole rings is 1. The molecule has 152 valence electrons. The minimum atomic E-state index is -0.153. The summed E-state index contributed by atoms with van der Waals surface area (Å²) in [6, 6.07) is 16.7. The number of nitrogens with zero attached hydrogens (tertiary/aromatic N) is 2. The van der Waals surface area contributed by atoms with Crippen LogP contribution in [0.2, 0.25) is 0 Å². The number of hydrogen-bond acceptors (Lipinski definition) is 5. The van der Waals surface area contributed by atoms with Gasteiger partial charge in [-0.25, -0.2) is 4.98 Å². The topological polar surface area (TPSA) is 77.1 Å². The maximum Gasteiger partial charge on any atom is 0.263 e. The van der Waals surface area contributed by atoms with Crippen LogP contribution in [0.25, 0.3) is 10.8 Å². The lowest BCUT2D eigenvalue weighted by Gasteiger charge is -2.08. The molecule has 0 bridgehead atoms. The van der Waals surface area contributed by atoms with E-state index in [1.165, 1.54) is 11.3 Å². The van der Waals surface area contributed by atoms with Gasteiger partial charge in [-0.05, 0) is 43.2 Å². The monoisotopic (exact) mass is 419 g/mol. The van der Waals surface area contributed by atoms with E-state index in [-0.39, 0.29) is 11.5 Å². The fraction of sp³-hybridized carbons (Fsp3) is 0.174. The van der Waals surface area contributed by atoms with Crippen LogP contribution < -0.4 is 10.9 Å². The van der Waals surface area contributed by atoms with Crippen molar-refractivity contribution in [2.45, 2.75) is 26.9 Å². The molecule has 30 heavy (non-hydrogen) atoms. The molecule has 0 aliphatic rings. The van der Waals surface area contributed by atoms with E-state index in [0.29, 0.717) is 34.4 Å². The highest BCUT2D eigenvalue weighted by Crippen LogP contribution is 2.29. The van der Waals surface area contributed by atoms with Gasteiger partial charge < -0.3 is 14.3 Å². The first kappa shape index (κ1) is 19.8. The standard InChI is InChI=1S/C23H21N3O3S/c1-15-6-11-19(29-15)23-25-16(2)21(30-23)22(28)24-13-17-7-9-18(10-8-17)14-26-12-4-3-5-20(26)27/h3-12H,13-14H2,1-2H3,(H,24,28). The second-order valence-electron chi connectivity index (χ2n) is 7.01. The van der Waals surface area contributed by atoms with Crippen LogP contribution in [0.4, 0.5) is 0 Å². The van der Waals surface area contributed by atoms with E-state index >= 15 is 0 Å². The van der Waals surface area contributed by atoms with Crippen molar-refractivity contribution in [3.63, 3.8) is 0 Å². The van der Waals surface area contributed by atoms with Crippen LogP contribution in [0.1, 0.15) is 32.3 Å². The zero-order valence-corrected chi connectivity index (χ0v) is 17.5. The smallest absolute Gasteiger partial charge is 0.263 e. The Morgan fingerprint density at radius 3 is 2.53 bits per heavy atom. The fourth-order valence-electron chi connectivity index (χ4n) is 3.08. The number of carbonyl (C=O) groups excluding carboxylic acids is 1. The molecule has 1 N–H and O–H groups in total. The lowest BCUT2D eigenvalue weighted by Crippen LogP contribution is -2.22. The van der Waals surface area contributed by atoms with Crippen LogP contribution in [0.15, 0.2) is 70.0 Å². The predicted molar refractivity (Wildman–Crippen MR) is 117 cm³/mol. The Labute approximate surface area is 177 Å². The second kappa shape index (κ2) is 8.51. The van der Waals surface area contributed by atoms with Crippen LogP contribution in [0, 0.1) is 13.8 Å². The number of aromatic nitrogens is 2. The van der Waals surface area contributed by atoms with Crippen LogP contribution in [0.5, 0.6) is 0 Å². The Morgan fingerprint density at radius 2 is 1.83 bits per heavy atom. The summed E-state index contributed by atoms with van der Waals surface area (Å²) in [5, 5.41) is 3.65. The number of nitrogens with one attached hydrogen (secondary N) is 1. The fourth-order valence-corrected chi connectivity index (χ4v) is 4.02. The Kier molecular flexibility index (Phi) is 5.63. The number of pyridine rings is 1. The molecular formula is C23H21N3O3S. The van der Waals surface area contributed by atoms with E-state index in [1.807, 2.05) is 56.3 Å². The van der Waals surface area contributed by atoms with Gasteiger partial charge in [0.2, 0.25) is 0 Å². The zero-order valence-electron chi connectivity index (χ0n) is 16.7. The molecule has 4 aromatic rings. The van der Waals surface area contributed by atoms with Gasteiger partial charge in [-0.3, -0.25) is 9.59 Å². The van der Waals surface area contributed by atoms with Crippen molar-refractivity contribution in [2.24, 2.45) is 0 Å². The number of aryl methyl sites for hydroxylation is 2. The molecule has 0 aliphatic heterocycles. The average molecular weight is 420 g/mol. The summed E-state index contributed by atoms with van der Waals surface area (Å²) in [6.07, 6.45) is 1.77. The van der Waals surface area contributed by atoms with Crippen molar-refractivity contribution >= 4 is 17.2 Å². The van der Waals surface area contributed by atoms with E-state index in [9.17, 15) is 9.59 Å². The molecule has 0 atom stereocenters. The normalized spacial score (nSPS) is 10.9. The lowest BCUT2D eigenvalue weighted by molar-refractivity contribution is 0.0954. The van der Waals surface area contributed by atoms with Crippen molar-refractivity contribution < 1.29 is 9.21 Å². The molecule has 0 radical (unpaired) electrons. The van der Waals surface area contributed by atoms with Crippen LogP contribution in [0.3, 0.4) is 0 Å². The van der Waals surface area contributed by atoms with Gasteiger partial charge in [0.05, 0.1) is 12.2 Å². The molecule has 3 aromatic heterocycles. The molecule has 0 spiro atoms. The van der Waals surface area contributed by atoms with Crippen LogP contribution >= 0.6 is 11.3 Å². The highest BCUT2D eigenvalue weighted by Gasteiger charge is 2.17. The van der Waals surface area contributed by atoms with E-state index in [4.69, 9.17) is 4.42 Å². The SMILES string of the molecule is Cc1ccc(-c2nc(C)c(C(=O)NCc3ccc(Cn4ccccc4=O)cc3)s2)o1. The molecule has 3 heterocycles. The number of furan rings is 1. The molecule has 0 saturated heterocycles. The molecule has 1 amide bonds. The van der Waals surface area contributed by atoms with Gasteiger partial charge in [0.1, 0.15) is 10.6 Å². The summed E-state index contributed by atoms with van der Waals surface area (Å²) >= 11 is 1.32. The van der Waals surface area contributed by atoms with Crippen molar-refractivity contribution in [3.05, 3.63) is 98.6 Å². The van der Waals surface area contributed by atoms with Gasteiger partial charge in [-0.2, -0.15) is 0 Å². The minimum Gasteiger partial charge on any atom is -0.459 e. The quantitative estimate of drug-likeness (QED) is 0.509. The van der Waals surface area contributed by atoms with Gasteiger partial charge in [0.25, 0.3) is 11.5 Å². The minimum absolute atomic E-state index is 0.0298. The predicted octanol–water partition coefficient (Wildman–Crippen LogP) is 4.16. The van der Waals surface area contributed by atoms with E-state index < -0.39 is 0 Å². The zero-order chi connectivity index (χ0) is 21.1. The third kappa shape index (κ3) is 4.41. The van der Waals surface area contributed by atoms with E-state index in [0.717, 1.165) is 16.9 Å². The molecule has 0 aliphatic carbocycles. The van der Waals surface area contributed by atoms with Crippen LogP contribution in [-0.2, 0) is 13.1 Å². The second-order valence-corrected chi connectivity index (χ2v) is 8.01. The van der Waals surface area contributed by atoms with Gasteiger partial charge in [0.15, 0.2) is 10.8 Å². The first-order valence-electron chi connectivity index (χ1n) is 9.55. The summed E-state index contributed by atoms with van der Waals surface area (Å²) in [5.74, 6) is 1.33. The van der Waals surface area contributed by atoms with E-state index in [1.54, 1.807) is 22.9 Å². The number of carbonyl (C=O) groups is 1. The lowest BCUT2D eigenvalue weighted by atomic mass is 10.1. The molecule has 4 rings (SSSR count). The number of rotatable bonds is 6. The molecule has 0 unspecified atom stereocenters. The molecule has 7 heteroatoms. The van der Waals surface area contributed by atoms with Gasteiger partial charge in [0, 0.05) is 18.8 Å². The highest BCUT2D eigenvalue weighted by molar-refractivity contribution is 7.17. The summed E-state index contributed by atoms with van der Waals surface area (Å²) in [5.41, 5.74) is 2.66. The summed E-state index contributed by atoms with van der Waals surface area (Å²) in [6.45, 7) is 4.63.